The molecule has 0 atom stereocenters. The number of para-hydroxylation sites is 2. The normalized spacial score (nSPS) is 10.3. The predicted molar refractivity (Wildman–Crippen MR) is 69.9 cm³/mol. The molecule has 2 aromatic carbocycles. The van der Waals surface area contributed by atoms with Gasteiger partial charge in [0.25, 0.3) is 0 Å². The van der Waals surface area contributed by atoms with Crippen molar-refractivity contribution in [1.82, 2.24) is 0 Å². The Morgan fingerprint density at radius 2 is 1.26 bits per heavy atom. The average Bonchev–Trinajstić information content (AvgIpc) is 2.41. The molecule has 0 bridgehead atoms. The van der Waals surface area contributed by atoms with Crippen molar-refractivity contribution in [2.45, 2.75) is 0 Å². The van der Waals surface area contributed by atoms with Crippen molar-refractivity contribution in [2.75, 3.05) is 0 Å². The van der Waals surface area contributed by atoms with Crippen LogP contribution in [0.2, 0.25) is 0 Å². The molecular formula is C13H10NO4P. The van der Waals surface area contributed by atoms with Gasteiger partial charge in [0, 0.05) is 0 Å². The third-order valence-electron chi connectivity index (χ3n) is 2.09. The summed E-state index contributed by atoms with van der Waals surface area (Å²) in [7, 11) is -3.96. The topological polar surface area (TPSA) is 65.0 Å². The van der Waals surface area contributed by atoms with E-state index >= 15 is 0 Å². The van der Waals surface area contributed by atoms with Gasteiger partial charge >= 0.3 is 7.75 Å². The zero-order valence-corrected chi connectivity index (χ0v) is 10.7. The van der Waals surface area contributed by atoms with Gasteiger partial charge in [0.2, 0.25) is 6.08 Å². The second-order valence-corrected chi connectivity index (χ2v) is 4.97. The summed E-state index contributed by atoms with van der Waals surface area (Å²) in [5.41, 5.74) is 0. The first-order valence-electron chi connectivity index (χ1n) is 5.41. The van der Waals surface area contributed by atoms with E-state index in [2.05, 4.69) is 4.76 Å². The summed E-state index contributed by atoms with van der Waals surface area (Å²) in [6.45, 7) is 0. The molecule has 19 heavy (non-hydrogen) atoms. The highest BCUT2D eigenvalue weighted by atomic mass is 31.2. The number of nitrogens with zero attached hydrogens (tertiary/aromatic N) is 1. The summed E-state index contributed by atoms with van der Waals surface area (Å²) < 4.78 is 25.7. The Bertz CT molecular complexity index is 578. The number of rotatable bonds is 5. The number of carbonyl (C=O) groups excluding carboxylic acids is 1. The Kier molecular flexibility index (Phi) is 4.14. The number of isocyanates is 1. The third kappa shape index (κ3) is 3.81. The lowest BCUT2D eigenvalue weighted by atomic mass is 10.3. The van der Waals surface area contributed by atoms with E-state index in [9.17, 15) is 9.36 Å². The molecule has 2 aromatic rings. The molecule has 5 nitrogen and oxygen atoms in total. The molecule has 0 aromatic heterocycles. The maximum Gasteiger partial charge on any atom is 0.574 e. The molecule has 0 aliphatic carbocycles. The standard InChI is InChI=1S/C13H10NO4P/c15-11-14-19(16,17-12-7-3-1-4-8-12)18-13-9-5-2-6-10-13/h1-10H. The minimum absolute atomic E-state index is 0.292. The van der Waals surface area contributed by atoms with Crippen molar-refractivity contribution in [2.24, 2.45) is 4.76 Å². The fourth-order valence-corrected chi connectivity index (χ4v) is 2.33. The molecule has 0 fully saturated rings. The zero-order valence-electron chi connectivity index (χ0n) is 9.80. The molecule has 0 spiro atoms. The Morgan fingerprint density at radius 3 is 1.63 bits per heavy atom. The van der Waals surface area contributed by atoms with Gasteiger partial charge in [-0.1, -0.05) is 41.2 Å². The average molecular weight is 275 g/mol. The SMILES string of the molecule is O=C=NP(=O)(Oc1ccccc1)Oc1ccccc1. The number of benzene rings is 2. The third-order valence-corrected chi connectivity index (χ3v) is 3.30. The zero-order chi connectivity index (χ0) is 13.6. The maximum absolute atomic E-state index is 12.3. The highest BCUT2D eigenvalue weighted by Crippen LogP contribution is 2.49. The van der Waals surface area contributed by atoms with E-state index in [1.807, 2.05) is 0 Å². The minimum Gasteiger partial charge on any atom is -0.399 e. The molecule has 6 heteroatoms. The molecule has 0 radical (unpaired) electrons. The molecule has 96 valence electrons. The number of hydrogen-bond donors (Lipinski definition) is 0. The summed E-state index contributed by atoms with van der Waals surface area (Å²) in [5.74, 6) is 0.585. The van der Waals surface area contributed by atoms with E-state index < -0.39 is 7.75 Å². The minimum atomic E-state index is -3.96. The van der Waals surface area contributed by atoms with Crippen LogP contribution in [0.5, 0.6) is 11.5 Å². The van der Waals surface area contributed by atoms with Crippen molar-refractivity contribution < 1.29 is 18.4 Å². The van der Waals surface area contributed by atoms with Crippen LogP contribution in [0, 0.1) is 0 Å². The van der Waals surface area contributed by atoms with E-state index in [1.165, 1.54) is 6.08 Å². The molecule has 0 unspecified atom stereocenters. The molecular weight excluding hydrogens is 265 g/mol. The van der Waals surface area contributed by atoms with Crippen molar-refractivity contribution in [1.29, 1.82) is 0 Å². The molecule has 0 saturated heterocycles. The van der Waals surface area contributed by atoms with Crippen LogP contribution in [0.15, 0.2) is 65.4 Å². The van der Waals surface area contributed by atoms with Crippen LogP contribution in [0.4, 0.5) is 0 Å². The maximum atomic E-state index is 12.3. The largest absolute Gasteiger partial charge is 0.574 e. The second-order valence-electron chi connectivity index (χ2n) is 3.47. The summed E-state index contributed by atoms with van der Waals surface area (Å²) >= 11 is 0. The van der Waals surface area contributed by atoms with E-state index in [0.29, 0.717) is 11.5 Å². The first kappa shape index (κ1) is 13.1. The lowest BCUT2D eigenvalue weighted by Crippen LogP contribution is -1.98. The highest BCUT2D eigenvalue weighted by molar-refractivity contribution is 7.53. The van der Waals surface area contributed by atoms with Gasteiger partial charge in [0.15, 0.2) is 0 Å². The van der Waals surface area contributed by atoms with Crippen LogP contribution in [0.1, 0.15) is 0 Å². The Balaban J connectivity index is 2.23. The van der Waals surface area contributed by atoms with Gasteiger partial charge < -0.3 is 9.05 Å². The Labute approximate surface area is 110 Å². The molecule has 0 saturated carbocycles. The number of hydrogen-bond acceptors (Lipinski definition) is 4. The Morgan fingerprint density at radius 1 is 0.842 bits per heavy atom. The fourth-order valence-electron chi connectivity index (χ4n) is 1.34. The van der Waals surface area contributed by atoms with E-state index in [4.69, 9.17) is 9.05 Å². The quantitative estimate of drug-likeness (QED) is 0.475. The van der Waals surface area contributed by atoms with Gasteiger partial charge in [-0.2, -0.15) is 0 Å². The van der Waals surface area contributed by atoms with E-state index in [1.54, 1.807) is 60.7 Å². The molecule has 0 N–H and O–H groups in total. The first-order chi connectivity index (χ1) is 9.22. The van der Waals surface area contributed by atoms with Gasteiger partial charge in [-0.15, -0.1) is 0 Å². The molecule has 0 aliphatic rings. The van der Waals surface area contributed by atoms with Crippen molar-refractivity contribution in [3.63, 3.8) is 0 Å². The van der Waals surface area contributed by atoms with Gasteiger partial charge in [-0.25, -0.2) is 9.36 Å². The van der Waals surface area contributed by atoms with Crippen LogP contribution >= 0.6 is 7.75 Å². The molecule has 0 heterocycles. The lowest BCUT2D eigenvalue weighted by Gasteiger charge is -2.13. The van der Waals surface area contributed by atoms with E-state index in [0.717, 1.165) is 0 Å². The smallest absolute Gasteiger partial charge is 0.399 e. The summed E-state index contributed by atoms with van der Waals surface area (Å²) in [6.07, 6.45) is 1.21. The van der Waals surface area contributed by atoms with Gasteiger partial charge in [-0.05, 0) is 24.3 Å². The molecule has 0 amide bonds. The van der Waals surface area contributed by atoms with Crippen molar-refractivity contribution in [3.8, 4) is 11.5 Å². The van der Waals surface area contributed by atoms with Gasteiger partial charge in [0.05, 0.1) is 0 Å². The highest BCUT2D eigenvalue weighted by Gasteiger charge is 2.28. The summed E-state index contributed by atoms with van der Waals surface area (Å²) in [6, 6.07) is 16.7. The van der Waals surface area contributed by atoms with Crippen LogP contribution in [-0.2, 0) is 9.36 Å². The summed E-state index contributed by atoms with van der Waals surface area (Å²) in [4.78, 5) is 10.4. The Hall–Kier alpha value is -2.35. The van der Waals surface area contributed by atoms with E-state index in [-0.39, 0.29) is 0 Å². The van der Waals surface area contributed by atoms with Gasteiger partial charge in [-0.3, -0.25) is 0 Å². The van der Waals surface area contributed by atoms with Crippen LogP contribution < -0.4 is 9.05 Å². The predicted octanol–water partition coefficient (Wildman–Crippen LogP) is 3.59. The fraction of sp³-hybridized carbons (Fsp3) is 0. The van der Waals surface area contributed by atoms with Crippen LogP contribution in [0.25, 0.3) is 0 Å². The van der Waals surface area contributed by atoms with Crippen molar-refractivity contribution >= 4 is 13.8 Å². The molecule has 2 rings (SSSR count). The first-order valence-corrected chi connectivity index (χ1v) is 6.90. The summed E-state index contributed by atoms with van der Waals surface area (Å²) in [5, 5.41) is 0. The van der Waals surface area contributed by atoms with Gasteiger partial charge in [0.1, 0.15) is 11.5 Å². The molecule has 0 aliphatic heterocycles. The second kappa shape index (κ2) is 6.01. The monoisotopic (exact) mass is 275 g/mol. The lowest BCUT2D eigenvalue weighted by molar-refractivity contribution is 0.387. The van der Waals surface area contributed by atoms with Crippen LogP contribution in [-0.4, -0.2) is 6.08 Å². The van der Waals surface area contributed by atoms with Crippen molar-refractivity contribution in [3.05, 3.63) is 60.7 Å². The van der Waals surface area contributed by atoms with Crippen LogP contribution in [0.3, 0.4) is 0 Å².